The fourth-order valence-electron chi connectivity index (χ4n) is 2.26. The topological polar surface area (TPSA) is 67.4 Å². The number of piperidine rings is 1. The highest BCUT2D eigenvalue weighted by atomic mass is 16.5. The van der Waals surface area contributed by atoms with E-state index in [0.29, 0.717) is 37.4 Å². The first-order valence-corrected chi connectivity index (χ1v) is 7.41. The first-order chi connectivity index (χ1) is 10.1. The molecule has 1 fully saturated rings. The molecule has 0 radical (unpaired) electrons. The smallest absolute Gasteiger partial charge is 0.229 e. The lowest BCUT2D eigenvalue weighted by Gasteiger charge is -2.22. The molecule has 1 heterocycles. The average molecular weight is 290 g/mol. The number of ether oxygens (including phenoxy) is 1. The molecule has 0 bridgehead atoms. The van der Waals surface area contributed by atoms with Gasteiger partial charge in [-0.2, -0.15) is 0 Å². The van der Waals surface area contributed by atoms with Crippen LogP contribution in [0.25, 0.3) is 0 Å². The molecule has 1 atom stereocenters. The van der Waals surface area contributed by atoms with E-state index in [0.717, 1.165) is 12.0 Å². The van der Waals surface area contributed by atoms with Gasteiger partial charge in [-0.1, -0.05) is 13.0 Å². The molecule has 0 saturated carbocycles. The first-order valence-electron chi connectivity index (χ1n) is 7.41. The number of carbonyl (C=O) groups excluding carboxylic acids is 2. The van der Waals surface area contributed by atoms with E-state index in [1.165, 1.54) is 0 Å². The zero-order chi connectivity index (χ0) is 15.2. The van der Waals surface area contributed by atoms with Crippen LogP contribution in [0.5, 0.6) is 5.75 Å². The van der Waals surface area contributed by atoms with Crippen molar-refractivity contribution in [2.24, 2.45) is 5.92 Å². The quantitative estimate of drug-likeness (QED) is 0.874. The molecule has 2 rings (SSSR count). The number of hydrogen-bond donors (Lipinski definition) is 2. The lowest BCUT2D eigenvalue weighted by atomic mass is 9.98. The van der Waals surface area contributed by atoms with Gasteiger partial charge in [-0.15, -0.1) is 0 Å². The Hall–Kier alpha value is -2.04. The summed E-state index contributed by atoms with van der Waals surface area (Å²) >= 11 is 0. The van der Waals surface area contributed by atoms with Crippen molar-refractivity contribution in [3.8, 4) is 5.75 Å². The van der Waals surface area contributed by atoms with Crippen LogP contribution in [0.15, 0.2) is 18.2 Å². The monoisotopic (exact) mass is 290 g/mol. The molecule has 1 aliphatic rings. The number of rotatable bonds is 5. The van der Waals surface area contributed by atoms with Gasteiger partial charge in [0, 0.05) is 13.0 Å². The Morgan fingerprint density at radius 2 is 2.29 bits per heavy atom. The summed E-state index contributed by atoms with van der Waals surface area (Å²) in [5, 5.41) is 5.64. The minimum atomic E-state index is -0.178. The average Bonchev–Trinajstić information content (AvgIpc) is 2.48. The third kappa shape index (κ3) is 4.21. The minimum absolute atomic E-state index is 0.0151. The van der Waals surface area contributed by atoms with Crippen LogP contribution in [0.3, 0.4) is 0 Å². The molecule has 2 amide bonds. The molecule has 0 aliphatic carbocycles. The molecule has 2 N–H and O–H groups in total. The van der Waals surface area contributed by atoms with Crippen molar-refractivity contribution in [1.29, 1.82) is 0 Å². The molecular formula is C16H22N2O3. The van der Waals surface area contributed by atoms with E-state index in [9.17, 15) is 9.59 Å². The molecular weight excluding hydrogens is 268 g/mol. The van der Waals surface area contributed by atoms with E-state index in [-0.39, 0.29) is 17.7 Å². The number of hydrogen-bond acceptors (Lipinski definition) is 3. The van der Waals surface area contributed by atoms with E-state index in [2.05, 4.69) is 10.6 Å². The van der Waals surface area contributed by atoms with Crippen LogP contribution < -0.4 is 15.4 Å². The van der Waals surface area contributed by atoms with Crippen molar-refractivity contribution in [2.45, 2.75) is 33.1 Å². The second kappa shape index (κ2) is 7.11. The second-order valence-electron chi connectivity index (χ2n) is 5.38. The van der Waals surface area contributed by atoms with Crippen molar-refractivity contribution >= 4 is 17.5 Å². The van der Waals surface area contributed by atoms with Gasteiger partial charge in [-0.05, 0) is 37.5 Å². The molecule has 5 heteroatoms. The molecule has 0 aromatic heterocycles. The van der Waals surface area contributed by atoms with Gasteiger partial charge in [0.2, 0.25) is 11.8 Å². The number of nitrogens with one attached hydrogen (secondary N) is 2. The Bertz CT molecular complexity index is 518. The molecule has 21 heavy (non-hydrogen) atoms. The maximum absolute atomic E-state index is 12.3. The van der Waals surface area contributed by atoms with Gasteiger partial charge in [0.15, 0.2) is 0 Å². The van der Waals surface area contributed by atoms with Crippen LogP contribution in [0.2, 0.25) is 0 Å². The zero-order valence-electron chi connectivity index (χ0n) is 12.6. The second-order valence-corrected chi connectivity index (χ2v) is 5.38. The summed E-state index contributed by atoms with van der Waals surface area (Å²) in [4.78, 5) is 23.4. The number of amides is 2. The maximum Gasteiger partial charge on any atom is 0.229 e. The molecule has 5 nitrogen and oxygen atoms in total. The minimum Gasteiger partial charge on any atom is -0.491 e. The molecule has 1 saturated heterocycles. The summed E-state index contributed by atoms with van der Waals surface area (Å²) in [6.45, 7) is 5.05. The highest BCUT2D eigenvalue weighted by Crippen LogP contribution is 2.27. The summed E-state index contributed by atoms with van der Waals surface area (Å²) in [5.41, 5.74) is 1.78. The SMILES string of the molecule is CCCOc1cc(C)ccc1NC(=O)C1CCC(=O)NC1. The Kier molecular flexibility index (Phi) is 5.20. The summed E-state index contributed by atoms with van der Waals surface area (Å²) < 4.78 is 5.69. The third-order valence-electron chi connectivity index (χ3n) is 3.49. The standard InChI is InChI=1S/C16H22N2O3/c1-3-8-21-14-9-11(2)4-6-13(14)18-16(20)12-5-7-15(19)17-10-12/h4,6,9,12H,3,5,7-8,10H2,1-2H3,(H,17,19)(H,18,20). The van der Waals surface area contributed by atoms with Gasteiger partial charge in [-0.25, -0.2) is 0 Å². The Labute approximate surface area is 125 Å². The van der Waals surface area contributed by atoms with Gasteiger partial charge < -0.3 is 15.4 Å². The summed E-state index contributed by atoms with van der Waals surface area (Å²) in [5.74, 6) is 0.467. The Balaban J connectivity index is 2.04. The molecule has 1 aromatic carbocycles. The molecule has 1 aromatic rings. The number of benzene rings is 1. The van der Waals surface area contributed by atoms with E-state index < -0.39 is 0 Å². The van der Waals surface area contributed by atoms with E-state index in [1.807, 2.05) is 32.0 Å². The molecule has 1 unspecified atom stereocenters. The zero-order valence-corrected chi connectivity index (χ0v) is 12.6. The van der Waals surface area contributed by atoms with E-state index >= 15 is 0 Å². The fraction of sp³-hybridized carbons (Fsp3) is 0.500. The van der Waals surface area contributed by atoms with Crippen molar-refractivity contribution in [3.63, 3.8) is 0 Å². The van der Waals surface area contributed by atoms with Gasteiger partial charge in [-0.3, -0.25) is 9.59 Å². The maximum atomic E-state index is 12.3. The van der Waals surface area contributed by atoms with Crippen LogP contribution in [-0.2, 0) is 9.59 Å². The predicted molar refractivity (Wildman–Crippen MR) is 81.3 cm³/mol. The van der Waals surface area contributed by atoms with Gasteiger partial charge in [0.1, 0.15) is 5.75 Å². The van der Waals surface area contributed by atoms with Crippen molar-refractivity contribution in [1.82, 2.24) is 5.32 Å². The predicted octanol–water partition coefficient (Wildman–Crippen LogP) is 2.25. The number of aryl methyl sites for hydroxylation is 1. The molecule has 1 aliphatic heterocycles. The summed E-state index contributed by atoms with van der Waals surface area (Å²) in [6, 6.07) is 5.73. The van der Waals surface area contributed by atoms with Crippen LogP contribution in [0.1, 0.15) is 31.7 Å². The van der Waals surface area contributed by atoms with Crippen molar-refractivity contribution in [3.05, 3.63) is 23.8 Å². The lowest BCUT2D eigenvalue weighted by molar-refractivity contribution is -0.126. The van der Waals surface area contributed by atoms with Gasteiger partial charge in [0.25, 0.3) is 0 Å². The third-order valence-corrected chi connectivity index (χ3v) is 3.49. The van der Waals surface area contributed by atoms with Crippen molar-refractivity contribution in [2.75, 3.05) is 18.5 Å². The van der Waals surface area contributed by atoms with Crippen molar-refractivity contribution < 1.29 is 14.3 Å². The van der Waals surface area contributed by atoms with Crippen LogP contribution >= 0.6 is 0 Å². The lowest BCUT2D eigenvalue weighted by Crippen LogP contribution is -2.40. The van der Waals surface area contributed by atoms with Crippen LogP contribution in [-0.4, -0.2) is 25.0 Å². The highest BCUT2D eigenvalue weighted by Gasteiger charge is 2.25. The van der Waals surface area contributed by atoms with E-state index in [1.54, 1.807) is 0 Å². The first kappa shape index (κ1) is 15.4. The Morgan fingerprint density at radius 1 is 1.48 bits per heavy atom. The van der Waals surface area contributed by atoms with E-state index in [4.69, 9.17) is 4.74 Å². The molecule has 0 spiro atoms. The Morgan fingerprint density at radius 3 is 2.95 bits per heavy atom. The van der Waals surface area contributed by atoms with Gasteiger partial charge in [0.05, 0.1) is 18.2 Å². The normalized spacial score (nSPS) is 18.0. The molecule has 114 valence electrons. The van der Waals surface area contributed by atoms with Crippen LogP contribution in [0, 0.1) is 12.8 Å². The number of carbonyl (C=O) groups is 2. The summed E-state index contributed by atoms with van der Waals surface area (Å²) in [6.07, 6.45) is 1.91. The summed E-state index contributed by atoms with van der Waals surface area (Å²) in [7, 11) is 0. The fourth-order valence-corrected chi connectivity index (χ4v) is 2.26. The largest absolute Gasteiger partial charge is 0.491 e. The number of anilines is 1. The van der Waals surface area contributed by atoms with Crippen LogP contribution in [0.4, 0.5) is 5.69 Å². The highest BCUT2D eigenvalue weighted by molar-refractivity contribution is 5.95. The van der Waals surface area contributed by atoms with Gasteiger partial charge >= 0.3 is 0 Å².